The molecule has 0 atom stereocenters. The number of aromatic nitrogens is 1. The summed E-state index contributed by atoms with van der Waals surface area (Å²) in [5, 5.41) is 10.2. The highest BCUT2D eigenvalue weighted by atomic mass is 35.5. The van der Waals surface area contributed by atoms with E-state index in [1.54, 1.807) is 6.07 Å². The Hall–Kier alpha value is -0.600. The van der Waals surface area contributed by atoms with Gasteiger partial charge in [-0.2, -0.15) is 0 Å². The van der Waals surface area contributed by atoms with E-state index in [4.69, 9.17) is 11.6 Å². The monoisotopic (exact) mass is 183 g/mol. The second-order valence-corrected chi connectivity index (χ2v) is 3.74. The maximum atomic E-state index is 9.76. The Morgan fingerprint density at radius 2 is 2.17 bits per heavy atom. The van der Waals surface area contributed by atoms with Crippen LogP contribution in [0.4, 0.5) is 0 Å². The van der Waals surface area contributed by atoms with E-state index in [1.165, 1.54) is 0 Å². The zero-order valence-electron chi connectivity index (χ0n) is 6.84. The van der Waals surface area contributed by atoms with Gasteiger partial charge in [0, 0.05) is 5.69 Å². The van der Waals surface area contributed by atoms with E-state index >= 15 is 0 Å². The molecule has 1 saturated carbocycles. The van der Waals surface area contributed by atoms with Crippen molar-refractivity contribution < 1.29 is 5.11 Å². The Balaban J connectivity index is 2.44. The predicted molar refractivity (Wildman–Crippen MR) is 47.1 cm³/mol. The van der Waals surface area contributed by atoms with Crippen molar-refractivity contribution in [3.05, 3.63) is 28.5 Å². The Bertz CT molecular complexity index is 300. The highest BCUT2D eigenvalue weighted by Gasteiger charge is 2.42. The Morgan fingerprint density at radius 1 is 1.50 bits per heavy atom. The molecule has 0 spiro atoms. The maximum Gasteiger partial charge on any atom is 0.129 e. The summed E-state index contributed by atoms with van der Waals surface area (Å²) in [6, 6.07) is 3.63. The Kier molecular flexibility index (Phi) is 1.63. The lowest BCUT2D eigenvalue weighted by Gasteiger charge is -2.08. The van der Waals surface area contributed by atoms with Crippen molar-refractivity contribution in [2.45, 2.75) is 25.4 Å². The van der Waals surface area contributed by atoms with Crippen LogP contribution in [0.3, 0.4) is 0 Å². The van der Waals surface area contributed by atoms with Crippen molar-refractivity contribution in [1.29, 1.82) is 0 Å². The van der Waals surface area contributed by atoms with Crippen LogP contribution < -0.4 is 0 Å². The first-order chi connectivity index (χ1) is 5.60. The average molecular weight is 184 g/mol. The second kappa shape index (κ2) is 2.44. The highest BCUT2D eigenvalue weighted by Crippen LogP contribution is 2.45. The normalized spacial score (nSPS) is 19.2. The van der Waals surface area contributed by atoms with E-state index in [-0.39, 0.29) is 0 Å². The zero-order chi connectivity index (χ0) is 8.77. The molecule has 1 heterocycles. The van der Waals surface area contributed by atoms with Crippen LogP contribution in [-0.2, 0) is 5.60 Å². The summed E-state index contributed by atoms with van der Waals surface area (Å²) in [4.78, 5) is 4.03. The van der Waals surface area contributed by atoms with Crippen LogP contribution in [-0.4, -0.2) is 10.1 Å². The van der Waals surface area contributed by atoms with Gasteiger partial charge in [0.2, 0.25) is 0 Å². The molecule has 12 heavy (non-hydrogen) atoms. The molecule has 0 unspecified atom stereocenters. The smallest absolute Gasteiger partial charge is 0.129 e. The van der Waals surface area contributed by atoms with Gasteiger partial charge >= 0.3 is 0 Å². The topological polar surface area (TPSA) is 33.1 Å². The van der Waals surface area contributed by atoms with Crippen LogP contribution in [0.25, 0.3) is 0 Å². The van der Waals surface area contributed by atoms with Crippen LogP contribution in [0.5, 0.6) is 0 Å². The molecule has 1 aliphatic carbocycles. The van der Waals surface area contributed by atoms with Crippen LogP contribution in [0.15, 0.2) is 12.1 Å². The van der Waals surface area contributed by atoms with E-state index in [1.807, 2.05) is 13.0 Å². The third-order valence-electron chi connectivity index (χ3n) is 2.18. The van der Waals surface area contributed by atoms with E-state index < -0.39 is 5.60 Å². The van der Waals surface area contributed by atoms with Gasteiger partial charge in [-0.05, 0) is 37.5 Å². The summed E-state index contributed by atoms with van der Waals surface area (Å²) in [6.45, 7) is 1.88. The third kappa shape index (κ3) is 1.32. The van der Waals surface area contributed by atoms with E-state index in [9.17, 15) is 5.11 Å². The van der Waals surface area contributed by atoms with Crippen molar-refractivity contribution in [1.82, 2.24) is 4.98 Å². The zero-order valence-corrected chi connectivity index (χ0v) is 7.60. The molecular weight excluding hydrogens is 174 g/mol. The van der Waals surface area contributed by atoms with Gasteiger partial charge in [0.15, 0.2) is 0 Å². The summed E-state index contributed by atoms with van der Waals surface area (Å²) < 4.78 is 0. The molecule has 1 aromatic heterocycles. The number of nitrogens with zero attached hydrogens (tertiary/aromatic N) is 1. The lowest BCUT2D eigenvalue weighted by atomic mass is 10.1. The molecule has 2 nitrogen and oxygen atoms in total. The molecule has 3 heteroatoms. The number of hydrogen-bond acceptors (Lipinski definition) is 2. The number of pyridine rings is 1. The van der Waals surface area contributed by atoms with Crippen LogP contribution >= 0.6 is 11.6 Å². The summed E-state index contributed by atoms with van der Waals surface area (Å²) in [6.07, 6.45) is 1.68. The maximum absolute atomic E-state index is 9.76. The van der Waals surface area contributed by atoms with Crippen LogP contribution in [0.2, 0.25) is 5.15 Å². The van der Waals surface area contributed by atoms with Crippen LogP contribution in [0.1, 0.15) is 24.1 Å². The SMILES string of the molecule is Cc1cc(C2(O)CC2)cc(Cl)n1. The summed E-state index contributed by atoms with van der Waals surface area (Å²) >= 11 is 5.76. The number of halogens is 1. The van der Waals surface area contributed by atoms with Gasteiger partial charge in [0.05, 0.1) is 5.60 Å². The average Bonchev–Trinajstić information content (AvgIpc) is 2.67. The Labute approximate surface area is 76.2 Å². The van der Waals surface area contributed by atoms with Gasteiger partial charge < -0.3 is 5.11 Å². The molecule has 0 aromatic carbocycles. The van der Waals surface area contributed by atoms with Gasteiger partial charge in [-0.3, -0.25) is 0 Å². The standard InChI is InChI=1S/C9H10ClNO/c1-6-4-7(5-8(10)11-6)9(12)2-3-9/h4-5,12H,2-3H2,1H3. The van der Waals surface area contributed by atoms with E-state index in [2.05, 4.69) is 4.98 Å². The molecule has 1 aromatic rings. The molecular formula is C9H10ClNO. The fraction of sp³-hybridized carbons (Fsp3) is 0.444. The Morgan fingerprint density at radius 3 is 2.67 bits per heavy atom. The van der Waals surface area contributed by atoms with Crippen LogP contribution in [0, 0.1) is 6.92 Å². The molecule has 0 bridgehead atoms. The van der Waals surface area contributed by atoms with Gasteiger partial charge in [-0.1, -0.05) is 11.6 Å². The molecule has 1 N–H and O–H groups in total. The molecule has 64 valence electrons. The molecule has 0 radical (unpaired) electrons. The second-order valence-electron chi connectivity index (χ2n) is 3.35. The van der Waals surface area contributed by atoms with Crippen molar-refractivity contribution >= 4 is 11.6 Å². The van der Waals surface area contributed by atoms with Crippen molar-refractivity contribution in [2.75, 3.05) is 0 Å². The molecule has 1 fully saturated rings. The van der Waals surface area contributed by atoms with E-state index in [0.29, 0.717) is 5.15 Å². The van der Waals surface area contributed by atoms with Crippen molar-refractivity contribution in [3.63, 3.8) is 0 Å². The summed E-state index contributed by atoms with van der Waals surface area (Å²) in [5.41, 5.74) is 1.16. The first-order valence-electron chi connectivity index (χ1n) is 3.97. The molecule has 0 saturated heterocycles. The first-order valence-corrected chi connectivity index (χ1v) is 4.35. The van der Waals surface area contributed by atoms with Gasteiger partial charge in [-0.25, -0.2) is 4.98 Å². The molecule has 1 aliphatic rings. The molecule has 0 amide bonds. The molecule has 0 aliphatic heterocycles. The van der Waals surface area contributed by atoms with Gasteiger partial charge in [-0.15, -0.1) is 0 Å². The lowest BCUT2D eigenvalue weighted by Crippen LogP contribution is -2.04. The lowest BCUT2D eigenvalue weighted by molar-refractivity contribution is 0.151. The number of aliphatic hydroxyl groups is 1. The fourth-order valence-corrected chi connectivity index (χ4v) is 1.55. The van der Waals surface area contributed by atoms with Gasteiger partial charge in [0.1, 0.15) is 5.15 Å². The third-order valence-corrected chi connectivity index (χ3v) is 2.38. The minimum absolute atomic E-state index is 0.463. The largest absolute Gasteiger partial charge is 0.385 e. The number of rotatable bonds is 1. The summed E-state index contributed by atoms with van der Waals surface area (Å²) in [5.74, 6) is 0. The quantitative estimate of drug-likeness (QED) is 0.676. The van der Waals surface area contributed by atoms with Gasteiger partial charge in [0.25, 0.3) is 0 Å². The van der Waals surface area contributed by atoms with E-state index in [0.717, 1.165) is 24.1 Å². The number of hydrogen-bond donors (Lipinski definition) is 1. The van der Waals surface area contributed by atoms with Crippen molar-refractivity contribution in [2.24, 2.45) is 0 Å². The number of aryl methyl sites for hydroxylation is 1. The minimum atomic E-state index is -0.600. The summed E-state index contributed by atoms with van der Waals surface area (Å²) in [7, 11) is 0. The highest BCUT2D eigenvalue weighted by molar-refractivity contribution is 6.29. The molecule has 2 rings (SSSR count). The fourth-order valence-electron chi connectivity index (χ4n) is 1.30. The predicted octanol–water partition coefficient (Wildman–Crippen LogP) is 2.02. The van der Waals surface area contributed by atoms with Crippen molar-refractivity contribution in [3.8, 4) is 0 Å². The minimum Gasteiger partial charge on any atom is -0.385 e. The first kappa shape index (κ1) is 8.02.